The number of piperidine rings is 1. The van der Waals surface area contributed by atoms with Gasteiger partial charge >= 0.3 is 0 Å². The van der Waals surface area contributed by atoms with Crippen LogP contribution in [0, 0.1) is 5.92 Å². The van der Waals surface area contributed by atoms with Crippen LogP contribution in [0.4, 0.5) is 0 Å². The zero-order valence-corrected chi connectivity index (χ0v) is 19.7. The number of halogens is 1. The first-order valence-electron chi connectivity index (χ1n) is 11.1. The van der Waals surface area contributed by atoms with Crippen LogP contribution >= 0.6 is 22.9 Å². The summed E-state index contributed by atoms with van der Waals surface area (Å²) in [6, 6.07) is 17.4. The molecule has 0 radical (unpaired) electrons. The van der Waals surface area contributed by atoms with E-state index in [4.69, 9.17) is 16.3 Å². The summed E-state index contributed by atoms with van der Waals surface area (Å²) in [5, 5.41) is 1.29. The van der Waals surface area contributed by atoms with E-state index < -0.39 is 0 Å². The average Bonchev–Trinajstić information content (AvgIpc) is 3.26. The summed E-state index contributed by atoms with van der Waals surface area (Å²) in [7, 11) is 0. The van der Waals surface area contributed by atoms with Crippen LogP contribution < -0.4 is 4.74 Å². The van der Waals surface area contributed by atoms with E-state index in [1.807, 2.05) is 30.3 Å². The molecule has 0 spiro atoms. The topological polar surface area (TPSA) is 55.3 Å². The van der Waals surface area contributed by atoms with Gasteiger partial charge in [0, 0.05) is 29.2 Å². The van der Waals surface area contributed by atoms with Crippen LogP contribution in [0.1, 0.15) is 28.8 Å². The molecule has 7 heteroatoms. The predicted molar refractivity (Wildman–Crippen MR) is 133 cm³/mol. The summed E-state index contributed by atoms with van der Waals surface area (Å²) in [4.78, 5) is 23.7. The molecule has 0 N–H and O–H groups in total. The van der Waals surface area contributed by atoms with Gasteiger partial charge in [0.25, 0.3) is 5.19 Å². The van der Waals surface area contributed by atoms with Gasteiger partial charge in [-0.25, -0.2) is 4.98 Å². The van der Waals surface area contributed by atoms with Crippen molar-refractivity contribution in [2.45, 2.75) is 19.3 Å². The molecule has 1 fully saturated rings. The number of nitrogens with zero attached hydrogens (tertiary/aromatic N) is 3. The van der Waals surface area contributed by atoms with Crippen molar-refractivity contribution in [3.05, 3.63) is 83.1 Å². The molecule has 0 atom stereocenters. The number of Topliss-reactive ketones (excluding diaryl/α,β-unsaturated/α-hetero) is 1. The second-order valence-corrected chi connectivity index (χ2v) is 9.74. The molecule has 3 heterocycles. The first kappa shape index (κ1) is 22.0. The molecule has 1 aliphatic rings. The fourth-order valence-corrected chi connectivity index (χ4v) is 5.11. The number of ketones is 1. The lowest BCUT2D eigenvalue weighted by atomic mass is 9.89. The largest absolute Gasteiger partial charge is 0.431 e. The minimum Gasteiger partial charge on any atom is -0.431 e. The van der Waals surface area contributed by atoms with E-state index >= 15 is 0 Å². The van der Waals surface area contributed by atoms with Crippen molar-refractivity contribution in [2.75, 3.05) is 19.6 Å². The Morgan fingerprint density at radius 3 is 2.55 bits per heavy atom. The van der Waals surface area contributed by atoms with E-state index in [1.54, 1.807) is 24.5 Å². The summed E-state index contributed by atoms with van der Waals surface area (Å²) in [5.41, 5.74) is 2.89. The molecule has 1 saturated heterocycles. The molecule has 0 aliphatic carbocycles. The molecule has 0 amide bonds. The van der Waals surface area contributed by atoms with E-state index in [1.165, 1.54) is 16.9 Å². The van der Waals surface area contributed by atoms with Gasteiger partial charge in [-0.1, -0.05) is 35.1 Å². The van der Waals surface area contributed by atoms with E-state index in [2.05, 4.69) is 27.0 Å². The maximum absolute atomic E-state index is 12.7. The molecule has 33 heavy (non-hydrogen) atoms. The predicted octanol–water partition coefficient (Wildman–Crippen LogP) is 6.27. The van der Waals surface area contributed by atoms with Gasteiger partial charge in [-0.05, 0) is 80.4 Å². The lowest BCUT2D eigenvalue weighted by Gasteiger charge is -2.31. The van der Waals surface area contributed by atoms with E-state index in [9.17, 15) is 4.79 Å². The Morgan fingerprint density at radius 2 is 1.82 bits per heavy atom. The quantitative estimate of drug-likeness (QED) is 0.293. The molecule has 0 saturated carbocycles. The number of rotatable bonds is 7. The number of likely N-dealkylation sites (tertiary alicyclic amines) is 1. The molecule has 5 nitrogen and oxygen atoms in total. The standard InChI is InChI=1S/C26H24ClN3O2S/c27-21-5-3-19(4-6-21)25(31)20-11-15-30(16-12-20)14-10-18-1-7-22(8-2-18)32-26-29-23-17-28-13-9-24(23)33-26/h1-9,13,17,20H,10-12,14-16H2. The van der Waals surface area contributed by atoms with E-state index in [-0.39, 0.29) is 11.7 Å². The summed E-state index contributed by atoms with van der Waals surface area (Å²) >= 11 is 7.45. The zero-order chi connectivity index (χ0) is 22.6. The lowest BCUT2D eigenvalue weighted by molar-refractivity contribution is 0.0841. The van der Waals surface area contributed by atoms with Crippen LogP contribution in [0.15, 0.2) is 67.0 Å². The Bertz CT molecular complexity index is 1200. The van der Waals surface area contributed by atoms with Gasteiger partial charge < -0.3 is 9.64 Å². The maximum Gasteiger partial charge on any atom is 0.279 e. The lowest BCUT2D eigenvalue weighted by Crippen LogP contribution is -2.37. The van der Waals surface area contributed by atoms with Gasteiger partial charge in [0.05, 0.1) is 10.9 Å². The number of hydrogen-bond acceptors (Lipinski definition) is 6. The molecule has 1 aliphatic heterocycles. The number of hydrogen-bond donors (Lipinski definition) is 0. The minimum absolute atomic E-state index is 0.108. The van der Waals surface area contributed by atoms with Gasteiger partial charge in [-0.2, -0.15) is 0 Å². The fourth-order valence-electron chi connectivity index (χ4n) is 4.18. The van der Waals surface area contributed by atoms with Gasteiger partial charge in [0.1, 0.15) is 11.3 Å². The third-order valence-electron chi connectivity index (χ3n) is 6.10. The molecule has 0 unspecified atom stereocenters. The minimum atomic E-state index is 0.108. The van der Waals surface area contributed by atoms with Crippen molar-refractivity contribution in [1.82, 2.24) is 14.9 Å². The molecule has 0 bridgehead atoms. The Kier molecular flexibility index (Phi) is 6.67. The van der Waals surface area contributed by atoms with Crippen molar-refractivity contribution in [3.63, 3.8) is 0 Å². The first-order valence-corrected chi connectivity index (χ1v) is 12.3. The monoisotopic (exact) mass is 477 g/mol. The number of thiazole rings is 1. The van der Waals surface area contributed by atoms with Crippen molar-refractivity contribution in [2.24, 2.45) is 5.92 Å². The number of carbonyl (C=O) groups excluding carboxylic acids is 1. The second-order valence-electron chi connectivity index (χ2n) is 8.31. The summed E-state index contributed by atoms with van der Waals surface area (Å²) in [5.74, 6) is 1.13. The number of pyridine rings is 1. The van der Waals surface area contributed by atoms with Gasteiger partial charge in [0.15, 0.2) is 5.78 Å². The SMILES string of the molecule is O=C(c1ccc(Cl)cc1)C1CCN(CCc2ccc(Oc3nc4cnccc4s3)cc2)CC1. The van der Waals surface area contributed by atoms with Crippen LogP contribution in [-0.4, -0.2) is 40.3 Å². The van der Waals surface area contributed by atoms with Crippen LogP contribution in [0.3, 0.4) is 0 Å². The van der Waals surface area contributed by atoms with Crippen LogP contribution in [-0.2, 0) is 6.42 Å². The molecule has 4 aromatic rings. The fraction of sp³-hybridized carbons (Fsp3) is 0.269. The van der Waals surface area contributed by atoms with Crippen LogP contribution in [0.25, 0.3) is 10.2 Å². The summed E-state index contributed by atoms with van der Waals surface area (Å²) in [6.45, 7) is 2.90. The highest BCUT2D eigenvalue weighted by molar-refractivity contribution is 7.20. The highest BCUT2D eigenvalue weighted by atomic mass is 35.5. The second kappa shape index (κ2) is 10.00. The highest BCUT2D eigenvalue weighted by Gasteiger charge is 2.25. The molecule has 2 aromatic heterocycles. The van der Waals surface area contributed by atoms with Gasteiger partial charge in [-0.3, -0.25) is 9.78 Å². The Hall–Kier alpha value is -2.80. The number of benzene rings is 2. The molecule has 5 rings (SSSR count). The number of ether oxygens (including phenoxy) is 1. The number of fused-ring (bicyclic) bond motifs is 1. The third-order valence-corrected chi connectivity index (χ3v) is 7.27. The summed E-state index contributed by atoms with van der Waals surface area (Å²) < 4.78 is 6.99. The third kappa shape index (κ3) is 5.41. The summed E-state index contributed by atoms with van der Waals surface area (Å²) in [6.07, 6.45) is 6.30. The Labute approximate surface area is 202 Å². The van der Waals surface area contributed by atoms with Crippen LogP contribution in [0.2, 0.25) is 5.02 Å². The molecule has 168 valence electrons. The average molecular weight is 478 g/mol. The maximum atomic E-state index is 12.7. The Morgan fingerprint density at radius 1 is 1.06 bits per heavy atom. The van der Waals surface area contributed by atoms with E-state index in [0.717, 1.165) is 60.4 Å². The number of aromatic nitrogens is 2. The first-order chi connectivity index (χ1) is 16.1. The highest BCUT2D eigenvalue weighted by Crippen LogP contribution is 2.31. The van der Waals surface area contributed by atoms with Crippen molar-refractivity contribution < 1.29 is 9.53 Å². The molecular weight excluding hydrogens is 454 g/mol. The van der Waals surface area contributed by atoms with Gasteiger partial charge in [-0.15, -0.1) is 0 Å². The zero-order valence-electron chi connectivity index (χ0n) is 18.1. The van der Waals surface area contributed by atoms with E-state index in [0.29, 0.717) is 10.2 Å². The van der Waals surface area contributed by atoms with Crippen molar-refractivity contribution in [3.8, 4) is 10.9 Å². The van der Waals surface area contributed by atoms with Gasteiger partial charge in [0.2, 0.25) is 0 Å². The normalized spacial score (nSPS) is 15.1. The van der Waals surface area contributed by atoms with Crippen molar-refractivity contribution in [1.29, 1.82) is 0 Å². The smallest absolute Gasteiger partial charge is 0.279 e. The molecule has 2 aromatic carbocycles. The molecular formula is C26H24ClN3O2S. The van der Waals surface area contributed by atoms with Crippen LogP contribution in [0.5, 0.6) is 10.9 Å². The Balaban J connectivity index is 1.09. The number of carbonyl (C=O) groups is 1. The van der Waals surface area contributed by atoms with Crippen molar-refractivity contribution >= 4 is 38.9 Å².